The van der Waals surface area contributed by atoms with E-state index in [4.69, 9.17) is 0 Å². The summed E-state index contributed by atoms with van der Waals surface area (Å²) in [5, 5.41) is 19.5. The van der Waals surface area contributed by atoms with Crippen molar-refractivity contribution < 1.29 is 10.2 Å². The molecule has 1 aliphatic rings. The smallest absolute Gasteiger partial charge is 0.0928 e. The van der Waals surface area contributed by atoms with Crippen LogP contribution < -0.4 is 0 Å². The maximum Gasteiger partial charge on any atom is 0.0928 e. The van der Waals surface area contributed by atoms with Crippen LogP contribution in [0.5, 0.6) is 0 Å². The standard InChI is InChI=1S/C9H18O2/c1-7(2)9(11)6-4-3-5-8(9)10/h7-8,10-11H,3-6H2,1-2H3. The van der Waals surface area contributed by atoms with E-state index in [1.165, 1.54) is 0 Å². The van der Waals surface area contributed by atoms with Gasteiger partial charge in [-0.25, -0.2) is 0 Å². The van der Waals surface area contributed by atoms with E-state index < -0.39 is 11.7 Å². The monoisotopic (exact) mass is 158 g/mol. The highest BCUT2D eigenvalue weighted by Crippen LogP contribution is 2.34. The molecule has 0 aromatic heterocycles. The molecule has 2 nitrogen and oxygen atoms in total. The second-order valence-electron chi connectivity index (χ2n) is 3.91. The van der Waals surface area contributed by atoms with Gasteiger partial charge in [0.2, 0.25) is 0 Å². The minimum Gasteiger partial charge on any atom is -0.390 e. The topological polar surface area (TPSA) is 40.5 Å². The van der Waals surface area contributed by atoms with Gasteiger partial charge in [0.1, 0.15) is 0 Å². The molecule has 1 rings (SSSR count). The fourth-order valence-electron chi connectivity index (χ4n) is 1.84. The van der Waals surface area contributed by atoms with Crippen LogP contribution in [-0.4, -0.2) is 21.9 Å². The number of hydrogen-bond donors (Lipinski definition) is 2. The minimum absolute atomic E-state index is 0.165. The lowest BCUT2D eigenvalue weighted by atomic mass is 9.75. The normalized spacial score (nSPS) is 39.5. The third-order valence-corrected chi connectivity index (χ3v) is 2.88. The van der Waals surface area contributed by atoms with Crippen LogP contribution in [0, 0.1) is 5.92 Å². The van der Waals surface area contributed by atoms with Gasteiger partial charge in [0.25, 0.3) is 0 Å². The Morgan fingerprint density at radius 2 is 2.00 bits per heavy atom. The summed E-state index contributed by atoms with van der Waals surface area (Å²) in [7, 11) is 0. The van der Waals surface area contributed by atoms with Crippen LogP contribution >= 0.6 is 0 Å². The second kappa shape index (κ2) is 3.11. The molecule has 0 saturated heterocycles. The molecule has 1 aliphatic carbocycles. The van der Waals surface area contributed by atoms with Crippen LogP contribution in [0.25, 0.3) is 0 Å². The van der Waals surface area contributed by atoms with Crippen molar-refractivity contribution in [2.75, 3.05) is 0 Å². The van der Waals surface area contributed by atoms with E-state index in [1.807, 2.05) is 13.8 Å². The lowest BCUT2D eigenvalue weighted by Gasteiger charge is -2.40. The molecule has 2 heteroatoms. The highest BCUT2D eigenvalue weighted by atomic mass is 16.3. The molecule has 0 heterocycles. The highest BCUT2D eigenvalue weighted by Gasteiger charge is 2.40. The van der Waals surface area contributed by atoms with Gasteiger partial charge in [0, 0.05) is 0 Å². The van der Waals surface area contributed by atoms with Gasteiger partial charge in [-0.1, -0.05) is 26.7 Å². The van der Waals surface area contributed by atoms with E-state index in [2.05, 4.69) is 0 Å². The van der Waals surface area contributed by atoms with E-state index >= 15 is 0 Å². The minimum atomic E-state index is -0.807. The molecule has 0 aromatic rings. The zero-order valence-corrected chi connectivity index (χ0v) is 7.38. The summed E-state index contributed by atoms with van der Waals surface area (Å²) in [6.45, 7) is 3.93. The summed E-state index contributed by atoms with van der Waals surface area (Å²) in [6.07, 6.45) is 3.11. The predicted octanol–water partition coefficient (Wildman–Crippen LogP) is 1.31. The van der Waals surface area contributed by atoms with E-state index in [-0.39, 0.29) is 5.92 Å². The van der Waals surface area contributed by atoms with Gasteiger partial charge in [-0.15, -0.1) is 0 Å². The SMILES string of the molecule is CC(C)C1(O)CCCCC1O. The van der Waals surface area contributed by atoms with Gasteiger partial charge in [-0.05, 0) is 18.8 Å². The summed E-state index contributed by atoms with van der Waals surface area (Å²) < 4.78 is 0. The van der Waals surface area contributed by atoms with Gasteiger partial charge < -0.3 is 10.2 Å². The fourth-order valence-corrected chi connectivity index (χ4v) is 1.84. The molecule has 11 heavy (non-hydrogen) atoms. The van der Waals surface area contributed by atoms with Crippen LogP contribution in [0.4, 0.5) is 0 Å². The Bertz CT molecular complexity index is 134. The van der Waals surface area contributed by atoms with Gasteiger partial charge in [-0.3, -0.25) is 0 Å². The molecule has 66 valence electrons. The molecule has 0 aliphatic heterocycles. The maximum absolute atomic E-state index is 9.97. The largest absolute Gasteiger partial charge is 0.390 e. The molecule has 0 radical (unpaired) electrons. The summed E-state index contributed by atoms with van der Waals surface area (Å²) in [5.41, 5.74) is -0.807. The van der Waals surface area contributed by atoms with Gasteiger partial charge in [0.05, 0.1) is 11.7 Å². The number of rotatable bonds is 1. The first kappa shape index (κ1) is 9.01. The van der Waals surface area contributed by atoms with Crippen molar-refractivity contribution in [2.45, 2.75) is 51.2 Å². The molecule has 1 saturated carbocycles. The van der Waals surface area contributed by atoms with E-state index in [1.54, 1.807) is 0 Å². The molecular weight excluding hydrogens is 140 g/mol. The van der Waals surface area contributed by atoms with Gasteiger partial charge in [0.15, 0.2) is 0 Å². The Hall–Kier alpha value is -0.0800. The van der Waals surface area contributed by atoms with E-state index in [0.29, 0.717) is 0 Å². The number of aliphatic hydroxyl groups excluding tert-OH is 1. The fraction of sp³-hybridized carbons (Fsp3) is 1.00. The van der Waals surface area contributed by atoms with Gasteiger partial charge >= 0.3 is 0 Å². The Labute approximate surface area is 68.2 Å². The molecule has 0 spiro atoms. The zero-order chi connectivity index (χ0) is 8.48. The lowest BCUT2D eigenvalue weighted by Crippen LogP contribution is -2.48. The van der Waals surface area contributed by atoms with Crippen molar-refractivity contribution in [3.8, 4) is 0 Å². The van der Waals surface area contributed by atoms with Crippen molar-refractivity contribution in [2.24, 2.45) is 5.92 Å². The molecule has 2 atom stereocenters. The third kappa shape index (κ3) is 1.57. The van der Waals surface area contributed by atoms with Crippen molar-refractivity contribution >= 4 is 0 Å². The average molecular weight is 158 g/mol. The molecule has 0 amide bonds. The van der Waals surface area contributed by atoms with Crippen molar-refractivity contribution in [3.05, 3.63) is 0 Å². The zero-order valence-electron chi connectivity index (χ0n) is 7.38. The van der Waals surface area contributed by atoms with E-state index in [0.717, 1.165) is 25.7 Å². The second-order valence-corrected chi connectivity index (χ2v) is 3.91. The maximum atomic E-state index is 9.97. The predicted molar refractivity (Wildman–Crippen MR) is 44.3 cm³/mol. The summed E-state index contributed by atoms with van der Waals surface area (Å²) in [6, 6.07) is 0. The molecule has 1 fully saturated rings. The first-order valence-electron chi connectivity index (χ1n) is 4.48. The van der Waals surface area contributed by atoms with E-state index in [9.17, 15) is 10.2 Å². The Morgan fingerprint density at radius 3 is 2.36 bits per heavy atom. The van der Waals surface area contributed by atoms with Crippen LogP contribution in [0.3, 0.4) is 0 Å². The average Bonchev–Trinajstić information content (AvgIpc) is 1.95. The van der Waals surface area contributed by atoms with Crippen LogP contribution in [-0.2, 0) is 0 Å². The quantitative estimate of drug-likeness (QED) is 0.604. The lowest BCUT2D eigenvalue weighted by molar-refractivity contribution is -0.128. The molecule has 2 N–H and O–H groups in total. The van der Waals surface area contributed by atoms with Crippen LogP contribution in [0.2, 0.25) is 0 Å². The van der Waals surface area contributed by atoms with Crippen molar-refractivity contribution in [1.82, 2.24) is 0 Å². The number of hydrogen-bond acceptors (Lipinski definition) is 2. The van der Waals surface area contributed by atoms with Crippen LogP contribution in [0.15, 0.2) is 0 Å². The Balaban J connectivity index is 2.64. The summed E-state index contributed by atoms with van der Waals surface area (Å²) in [4.78, 5) is 0. The molecule has 0 aromatic carbocycles. The Kier molecular flexibility index (Phi) is 2.55. The van der Waals surface area contributed by atoms with Crippen LogP contribution in [0.1, 0.15) is 39.5 Å². The first-order valence-corrected chi connectivity index (χ1v) is 4.48. The molecule has 2 unspecified atom stereocenters. The first-order chi connectivity index (χ1) is 5.07. The highest BCUT2D eigenvalue weighted by molar-refractivity contribution is 4.92. The Morgan fingerprint density at radius 1 is 1.36 bits per heavy atom. The number of aliphatic hydroxyl groups is 2. The van der Waals surface area contributed by atoms with Crippen molar-refractivity contribution in [3.63, 3.8) is 0 Å². The molecular formula is C9H18O2. The van der Waals surface area contributed by atoms with Gasteiger partial charge in [-0.2, -0.15) is 0 Å². The summed E-state index contributed by atoms with van der Waals surface area (Å²) in [5.74, 6) is 0.165. The summed E-state index contributed by atoms with van der Waals surface area (Å²) >= 11 is 0. The third-order valence-electron chi connectivity index (χ3n) is 2.88. The molecule has 0 bridgehead atoms. The van der Waals surface area contributed by atoms with Crippen molar-refractivity contribution in [1.29, 1.82) is 0 Å².